The van der Waals surface area contributed by atoms with E-state index in [0.29, 0.717) is 0 Å². The standard InChI is InChI=1S/C12H8N4O4/c1-2-10(17)12(18)15-9-4-3-7(5-13)8(6-14)11(9)16(19)20/h3-4H,2H2,1H3,(H,15,18). The Labute approximate surface area is 113 Å². The summed E-state index contributed by atoms with van der Waals surface area (Å²) in [4.78, 5) is 32.7. The van der Waals surface area contributed by atoms with Gasteiger partial charge in [-0.1, -0.05) is 6.92 Å². The van der Waals surface area contributed by atoms with Crippen LogP contribution in [0.25, 0.3) is 0 Å². The maximum absolute atomic E-state index is 11.4. The summed E-state index contributed by atoms with van der Waals surface area (Å²) in [5.74, 6) is -1.76. The minimum absolute atomic E-state index is 0.0545. The van der Waals surface area contributed by atoms with Gasteiger partial charge in [0.25, 0.3) is 5.91 Å². The molecule has 1 rings (SSSR count). The molecule has 0 atom stereocenters. The number of benzene rings is 1. The van der Waals surface area contributed by atoms with Crippen molar-refractivity contribution in [1.29, 1.82) is 10.5 Å². The lowest BCUT2D eigenvalue weighted by molar-refractivity contribution is -0.384. The van der Waals surface area contributed by atoms with Crippen molar-refractivity contribution in [2.24, 2.45) is 0 Å². The molecular formula is C12H8N4O4. The van der Waals surface area contributed by atoms with Crippen LogP contribution in [0.5, 0.6) is 0 Å². The molecule has 1 amide bonds. The van der Waals surface area contributed by atoms with Crippen LogP contribution in [0.2, 0.25) is 0 Å². The van der Waals surface area contributed by atoms with Crippen LogP contribution in [-0.2, 0) is 9.59 Å². The monoisotopic (exact) mass is 272 g/mol. The summed E-state index contributed by atoms with van der Waals surface area (Å²) in [6.07, 6.45) is -0.0545. The highest BCUT2D eigenvalue weighted by Gasteiger charge is 2.25. The van der Waals surface area contributed by atoms with Crippen LogP contribution in [0.1, 0.15) is 24.5 Å². The van der Waals surface area contributed by atoms with Crippen LogP contribution in [0, 0.1) is 32.8 Å². The predicted molar refractivity (Wildman–Crippen MR) is 66.5 cm³/mol. The van der Waals surface area contributed by atoms with Crippen molar-refractivity contribution in [2.45, 2.75) is 13.3 Å². The summed E-state index contributed by atoms with van der Waals surface area (Å²) < 4.78 is 0. The van der Waals surface area contributed by atoms with E-state index in [-0.39, 0.29) is 17.7 Å². The van der Waals surface area contributed by atoms with Gasteiger partial charge in [0.1, 0.15) is 23.4 Å². The Balaban J connectivity index is 3.40. The lowest BCUT2D eigenvalue weighted by Crippen LogP contribution is -2.22. The van der Waals surface area contributed by atoms with Crippen molar-refractivity contribution in [1.82, 2.24) is 0 Å². The minimum Gasteiger partial charge on any atom is -0.314 e. The summed E-state index contributed by atoms with van der Waals surface area (Å²) in [6, 6.07) is 5.48. The molecule has 0 unspecified atom stereocenters. The van der Waals surface area contributed by atoms with E-state index in [2.05, 4.69) is 5.32 Å². The molecule has 0 fully saturated rings. The van der Waals surface area contributed by atoms with Crippen molar-refractivity contribution < 1.29 is 14.5 Å². The van der Waals surface area contributed by atoms with Crippen LogP contribution < -0.4 is 5.32 Å². The molecule has 0 radical (unpaired) electrons. The third-order valence-electron chi connectivity index (χ3n) is 2.42. The second-order valence-corrected chi connectivity index (χ2v) is 3.60. The minimum atomic E-state index is -1.01. The molecule has 0 aliphatic carbocycles. The van der Waals surface area contributed by atoms with Crippen molar-refractivity contribution in [3.63, 3.8) is 0 Å². The number of nitrogens with one attached hydrogen (secondary N) is 1. The normalized spacial score (nSPS) is 9.15. The van der Waals surface area contributed by atoms with E-state index in [9.17, 15) is 19.7 Å². The number of Topliss-reactive ketones (excluding diaryl/α,β-unsaturated/α-hetero) is 1. The number of rotatable bonds is 4. The number of carbonyl (C=O) groups is 2. The summed E-state index contributed by atoms with van der Waals surface area (Å²) in [7, 11) is 0. The molecule has 0 spiro atoms. The number of nitrogens with zero attached hydrogens (tertiary/aromatic N) is 3. The average Bonchev–Trinajstić information content (AvgIpc) is 2.44. The SMILES string of the molecule is CCC(=O)C(=O)Nc1ccc(C#N)c(C#N)c1[N+](=O)[O-]. The Morgan fingerprint density at radius 2 is 2.00 bits per heavy atom. The van der Waals surface area contributed by atoms with Crippen LogP contribution in [0.4, 0.5) is 11.4 Å². The smallest absolute Gasteiger partial charge is 0.311 e. The molecule has 8 heteroatoms. The highest BCUT2D eigenvalue weighted by atomic mass is 16.6. The van der Waals surface area contributed by atoms with Crippen molar-refractivity contribution in [2.75, 3.05) is 5.32 Å². The van der Waals surface area contributed by atoms with Crippen LogP contribution in [-0.4, -0.2) is 16.6 Å². The first-order valence-electron chi connectivity index (χ1n) is 5.42. The second-order valence-electron chi connectivity index (χ2n) is 3.60. The predicted octanol–water partition coefficient (Wildman–Crippen LogP) is 1.26. The van der Waals surface area contributed by atoms with Gasteiger partial charge in [0.2, 0.25) is 5.78 Å². The molecule has 0 aliphatic rings. The number of nitro benzene ring substituents is 1. The number of carbonyl (C=O) groups excluding carboxylic acids is 2. The van der Waals surface area contributed by atoms with Crippen LogP contribution in [0.15, 0.2) is 12.1 Å². The third kappa shape index (κ3) is 2.76. The number of hydrogen-bond donors (Lipinski definition) is 1. The van der Waals surface area contributed by atoms with E-state index < -0.39 is 27.9 Å². The molecule has 0 saturated heterocycles. The zero-order chi connectivity index (χ0) is 15.3. The fraction of sp³-hybridized carbons (Fsp3) is 0.167. The molecule has 8 nitrogen and oxygen atoms in total. The van der Waals surface area contributed by atoms with Gasteiger partial charge in [-0.15, -0.1) is 0 Å². The molecule has 0 saturated carbocycles. The highest BCUT2D eigenvalue weighted by molar-refractivity contribution is 6.40. The van der Waals surface area contributed by atoms with Crippen LogP contribution >= 0.6 is 0 Å². The molecule has 1 N–H and O–H groups in total. The van der Waals surface area contributed by atoms with E-state index in [1.807, 2.05) is 0 Å². The zero-order valence-electron chi connectivity index (χ0n) is 10.3. The molecule has 0 aliphatic heterocycles. The molecule has 1 aromatic carbocycles. The summed E-state index contributed by atoms with van der Waals surface area (Å²) in [6.45, 7) is 1.47. The lowest BCUT2D eigenvalue weighted by atomic mass is 10.1. The largest absolute Gasteiger partial charge is 0.314 e. The second kappa shape index (κ2) is 6.07. The zero-order valence-corrected chi connectivity index (χ0v) is 10.3. The molecule has 0 bridgehead atoms. The summed E-state index contributed by atoms with van der Waals surface area (Å²) in [5.41, 5.74) is -1.64. The number of ketones is 1. The molecular weight excluding hydrogens is 264 g/mol. The molecule has 20 heavy (non-hydrogen) atoms. The molecule has 0 aromatic heterocycles. The number of anilines is 1. The summed E-state index contributed by atoms with van der Waals surface area (Å²) in [5, 5.41) is 30.8. The highest BCUT2D eigenvalue weighted by Crippen LogP contribution is 2.30. The fourth-order valence-corrected chi connectivity index (χ4v) is 1.44. The van der Waals surface area contributed by atoms with E-state index in [0.717, 1.165) is 12.1 Å². The topological polar surface area (TPSA) is 137 Å². The number of nitro groups is 1. The lowest BCUT2D eigenvalue weighted by Gasteiger charge is -2.06. The number of hydrogen-bond acceptors (Lipinski definition) is 6. The van der Waals surface area contributed by atoms with Crippen LogP contribution in [0.3, 0.4) is 0 Å². The first kappa shape index (κ1) is 14.8. The van der Waals surface area contributed by atoms with Crippen molar-refractivity contribution >= 4 is 23.1 Å². The maximum Gasteiger partial charge on any atom is 0.311 e. The Morgan fingerprint density at radius 3 is 2.45 bits per heavy atom. The summed E-state index contributed by atoms with van der Waals surface area (Å²) >= 11 is 0. The van der Waals surface area contributed by atoms with Gasteiger partial charge in [-0.3, -0.25) is 19.7 Å². The Morgan fingerprint density at radius 1 is 1.35 bits per heavy atom. The van der Waals surface area contributed by atoms with Gasteiger partial charge in [-0.05, 0) is 12.1 Å². The third-order valence-corrected chi connectivity index (χ3v) is 2.42. The van der Waals surface area contributed by atoms with E-state index >= 15 is 0 Å². The Hall–Kier alpha value is -3.26. The maximum atomic E-state index is 11.4. The Kier molecular flexibility index (Phi) is 4.49. The molecule has 100 valence electrons. The molecule has 0 heterocycles. The van der Waals surface area contributed by atoms with E-state index in [1.165, 1.54) is 6.92 Å². The van der Waals surface area contributed by atoms with Crippen molar-refractivity contribution in [3.05, 3.63) is 33.4 Å². The average molecular weight is 272 g/mol. The number of amides is 1. The van der Waals surface area contributed by atoms with Gasteiger partial charge < -0.3 is 5.32 Å². The first-order chi connectivity index (χ1) is 9.46. The van der Waals surface area contributed by atoms with Gasteiger partial charge in [0.05, 0.1) is 10.5 Å². The van der Waals surface area contributed by atoms with Gasteiger partial charge in [0.15, 0.2) is 0 Å². The van der Waals surface area contributed by atoms with Gasteiger partial charge in [-0.25, -0.2) is 0 Å². The van der Waals surface area contributed by atoms with Gasteiger partial charge >= 0.3 is 5.69 Å². The Bertz CT molecular complexity index is 682. The van der Waals surface area contributed by atoms with Gasteiger partial charge in [0, 0.05) is 6.42 Å². The fourth-order valence-electron chi connectivity index (χ4n) is 1.44. The van der Waals surface area contributed by atoms with E-state index in [1.54, 1.807) is 12.1 Å². The first-order valence-corrected chi connectivity index (χ1v) is 5.42. The number of nitriles is 2. The van der Waals surface area contributed by atoms with Crippen molar-refractivity contribution in [3.8, 4) is 12.1 Å². The van der Waals surface area contributed by atoms with Gasteiger partial charge in [-0.2, -0.15) is 10.5 Å². The quantitative estimate of drug-likeness (QED) is 0.497. The van der Waals surface area contributed by atoms with E-state index in [4.69, 9.17) is 10.5 Å². The molecule has 1 aromatic rings.